The molecule has 5 nitrogen and oxygen atoms in total. The van der Waals surface area contributed by atoms with Crippen molar-refractivity contribution in [2.24, 2.45) is 0 Å². The van der Waals surface area contributed by atoms with Gasteiger partial charge in [-0.3, -0.25) is 4.79 Å². The summed E-state index contributed by atoms with van der Waals surface area (Å²) in [5.41, 5.74) is 1.76. The predicted octanol–water partition coefficient (Wildman–Crippen LogP) is 3.97. The maximum absolute atomic E-state index is 12.6. The molecule has 120 valence electrons. The van der Waals surface area contributed by atoms with E-state index in [1.807, 2.05) is 31.2 Å². The van der Waals surface area contributed by atoms with Gasteiger partial charge in [-0.2, -0.15) is 0 Å². The minimum absolute atomic E-state index is 0.0842. The molecule has 6 heteroatoms. The largest absolute Gasteiger partial charge is 0.360 e. The Balaban J connectivity index is 1.72. The number of halogens is 1. The number of carbonyl (C=O) groups is 1. The number of anilines is 2. The normalized spacial score (nSPS) is 17.3. The first-order valence-corrected chi connectivity index (χ1v) is 7.88. The zero-order valence-electron chi connectivity index (χ0n) is 12.9. The molecule has 0 aliphatic carbocycles. The van der Waals surface area contributed by atoms with Crippen LogP contribution in [0, 0.1) is 0 Å². The number of nitrogens with zero attached hydrogens (tertiary/aromatic N) is 2. The molecule has 1 N–H and O–H groups in total. The van der Waals surface area contributed by atoms with Gasteiger partial charge in [0.2, 0.25) is 5.91 Å². The fourth-order valence-corrected chi connectivity index (χ4v) is 2.85. The van der Waals surface area contributed by atoms with E-state index in [-0.39, 0.29) is 11.9 Å². The molecule has 0 spiro atoms. The summed E-state index contributed by atoms with van der Waals surface area (Å²) < 4.78 is 5.12. The van der Waals surface area contributed by atoms with Gasteiger partial charge in [0.25, 0.3) is 0 Å². The van der Waals surface area contributed by atoms with Crippen LogP contribution in [0.1, 0.15) is 25.5 Å². The minimum Gasteiger partial charge on any atom is -0.360 e. The summed E-state index contributed by atoms with van der Waals surface area (Å²) in [6, 6.07) is 9.00. The number of rotatable bonds is 4. The summed E-state index contributed by atoms with van der Waals surface area (Å²) in [4.78, 5) is 14.7. The van der Waals surface area contributed by atoms with Crippen molar-refractivity contribution in [3.63, 3.8) is 0 Å². The zero-order valence-corrected chi connectivity index (χ0v) is 13.6. The molecule has 1 aromatic carbocycles. The Kier molecular flexibility index (Phi) is 4.39. The van der Waals surface area contributed by atoms with Crippen molar-refractivity contribution >= 4 is 34.6 Å². The maximum Gasteiger partial charge on any atom is 0.248 e. The molecule has 1 fully saturated rings. The molecule has 23 heavy (non-hydrogen) atoms. The first kappa shape index (κ1) is 15.6. The van der Waals surface area contributed by atoms with Gasteiger partial charge in [0, 0.05) is 23.3 Å². The van der Waals surface area contributed by atoms with Crippen molar-refractivity contribution in [2.75, 3.05) is 16.8 Å². The number of hydrogen-bond acceptors (Lipinski definition) is 4. The Labute approximate surface area is 139 Å². The summed E-state index contributed by atoms with van der Waals surface area (Å²) in [6.45, 7) is 6.46. The molecule has 2 aromatic rings. The second kappa shape index (κ2) is 6.46. The summed E-state index contributed by atoms with van der Waals surface area (Å²) in [6.07, 6.45) is 1.77. The van der Waals surface area contributed by atoms with Crippen molar-refractivity contribution in [1.82, 2.24) is 5.16 Å². The highest BCUT2D eigenvalue weighted by Gasteiger charge is 2.31. The van der Waals surface area contributed by atoms with Crippen molar-refractivity contribution in [2.45, 2.75) is 25.8 Å². The van der Waals surface area contributed by atoms with Crippen LogP contribution in [0.5, 0.6) is 0 Å². The van der Waals surface area contributed by atoms with Crippen LogP contribution in [0.2, 0.25) is 5.02 Å². The molecule has 1 aliphatic rings. The standard InChI is InChI=1S/C17H18ClN3O2/c1-11(2)15-10-16(20-23-15)19-17(22)14-4-3-9-21(14)13-7-5-12(18)6-8-13/h5-8,10,14H,1,3-4,9H2,2H3,(H,19,20,22)/t14-/m1/s1. The van der Waals surface area contributed by atoms with E-state index in [9.17, 15) is 4.79 Å². The first-order chi connectivity index (χ1) is 11.0. The topological polar surface area (TPSA) is 58.4 Å². The lowest BCUT2D eigenvalue weighted by molar-refractivity contribution is -0.117. The van der Waals surface area contributed by atoms with E-state index in [1.54, 1.807) is 6.07 Å². The highest BCUT2D eigenvalue weighted by atomic mass is 35.5. The lowest BCUT2D eigenvalue weighted by Gasteiger charge is -2.25. The molecule has 1 aliphatic heterocycles. The van der Waals surface area contributed by atoms with Crippen molar-refractivity contribution in [3.8, 4) is 0 Å². The number of nitrogens with one attached hydrogen (secondary N) is 1. The van der Waals surface area contributed by atoms with E-state index < -0.39 is 0 Å². The highest BCUT2D eigenvalue weighted by Crippen LogP contribution is 2.27. The van der Waals surface area contributed by atoms with Crippen LogP contribution in [0.4, 0.5) is 11.5 Å². The van der Waals surface area contributed by atoms with Gasteiger partial charge in [-0.25, -0.2) is 0 Å². The van der Waals surface area contributed by atoms with E-state index in [4.69, 9.17) is 16.1 Å². The number of amides is 1. The third-order valence-electron chi connectivity index (χ3n) is 3.90. The second-order valence-electron chi connectivity index (χ2n) is 5.67. The Morgan fingerprint density at radius 1 is 1.43 bits per heavy atom. The molecule has 0 unspecified atom stereocenters. The highest BCUT2D eigenvalue weighted by molar-refractivity contribution is 6.30. The molecule has 0 bridgehead atoms. The van der Waals surface area contributed by atoms with Crippen LogP contribution in [0.15, 0.2) is 41.4 Å². The molecule has 0 saturated carbocycles. The molecule has 1 amide bonds. The van der Waals surface area contributed by atoms with Gasteiger partial charge < -0.3 is 14.7 Å². The van der Waals surface area contributed by atoms with Gasteiger partial charge in [-0.1, -0.05) is 23.3 Å². The molecule has 2 heterocycles. The number of aromatic nitrogens is 1. The minimum atomic E-state index is -0.221. The van der Waals surface area contributed by atoms with Gasteiger partial charge in [0.05, 0.1) is 0 Å². The van der Waals surface area contributed by atoms with Crippen LogP contribution < -0.4 is 10.2 Å². The maximum atomic E-state index is 12.6. The van der Waals surface area contributed by atoms with Gasteiger partial charge in [-0.05, 0) is 49.6 Å². The van der Waals surface area contributed by atoms with Gasteiger partial charge in [0.1, 0.15) is 6.04 Å². The van der Waals surface area contributed by atoms with E-state index in [0.717, 1.165) is 30.6 Å². The van der Waals surface area contributed by atoms with Crippen LogP contribution in [0.3, 0.4) is 0 Å². The molecule has 3 rings (SSSR count). The molecule has 1 aromatic heterocycles. The van der Waals surface area contributed by atoms with E-state index in [2.05, 4.69) is 22.0 Å². The SMILES string of the molecule is C=C(C)c1cc(NC(=O)[C@H]2CCCN2c2ccc(Cl)cc2)no1. The van der Waals surface area contributed by atoms with Gasteiger partial charge in [0.15, 0.2) is 11.6 Å². The second-order valence-corrected chi connectivity index (χ2v) is 6.11. The van der Waals surface area contributed by atoms with Crippen LogP contribution in [0.25, 0.3) is 5.57 Å². The molecule has 1 saturated heterocycles. The average molecular weight is 332 g/mol. The van der Waals surface area contributed by atoms with Crippen LogP contribution >= 0.6 is 11.6 Å². The Bertz CT molecular complexity index is 724. The van der Waals surface area contributed by atoms with Crippen molar-refractivity contribution in [3.05, 3.63) is 47.7 Å². The average Bonchev–Trinajstić information content (AvgIpc) is 3.16. The summed E-state index contributed by atoms with van der Waals surface area (Å²) in [7, 11) is 0. The van der Waals surface area contributed by atoms with Crippen LogP contribution in [-0.4, -0.2) is 23.7 Å². The lowest BCUT2D eigenvalue weighted by atomic mass is 10.2. The Hall–Kier alpha value is -2.27. The molecule has 0 radical (unpaired) electrons. The molecular weight excluding hydrogens is 314 g/mol. The van der Waals surface area contributed by atoms with E-state index in [1.165, 1.54) is 0 Å². The van der Waals surface area contributed by atoms with Gasteiger partial charge >= 0.3 is 0 Å². The van der Waals surface area contributed by atoms with E-state index in [0.29, 0.717) is 16.6 Å². The van der Waals surface area contributed by atoms with Crippen LogP contribution in [-0.2, 0) is 4.79 Å². The number of hydrogen-bond donors (Lipinski definition) is 1. The Morgan fingerprint density at radius 2 is 2.17 bits per heavy atom. The lowest BCUT2D eigenvalue weighted by Crippen LogP contribution is -2.39. The number of benzene rings is 1. The van der Waals surface area contributed by atoms with Gasteiger partial charge in [-0.15, -0.1) is 0 Å². The fourth-order valence-electron chi connectivity index (χ4n) is 2.73. The van der Waals surface area contributed by atoms with Crippen molar-refractivity contribution < 1.29 is 9.32 Å². The third kappa shape index (κ3) is 3.40. The predicted molar refractivity (Wildman–Crippen MR) is 91.7 cm³/mol. The summed E-state index contributed by atoms with van der Waals surface area (Å²) >= 11 is 5.93. The smallest absolute Gasteiger partial charge is 0.248 e. The van der Waals surface area contributed by atoms with Crippen molar-refractivity contribution in [1.29, 1.82) is 0 Å². The summed E-state index contributed by atoms with van der Waals surface area (Å²) in [5.74, 6) is 0.899. The zero-order chi connectivity index (χ0) is 16.4. The monoisotopic (exact) mass is 331 g/mol. The quantitative estimate of drug-likeness (QED) is 0.921. The number of carbonyl (C=O) groups excluding carboxylic acids is 1. The molecule has 1 atom stereocenters. The number of allylic oxidation sites excluding steroid dienone is 1. The third-order valence-corrected chi connectivity index (χ3v) is 4.15. The summed E-state index contributed by atoms with van der Waals surface area (Å²) in [5, 5.41) is 7.36. The Morgan fingerprint density at radius 3 is 2.83 bits per heavy atom. The first-order valence-electron chi connectivity index (χ1n) is 7.50. The molecular formula is C17H18ClN3O2. The fraction of sp³-hybridized carbons (Fsp3) is 0.294. The van der Waals surface area contributed by atoms with E-state index >= 15 is 0 Å².